The predicted molar refractivity (Wildman–Crippen MR) is 107 cm³/mol. The van der Waals surface area contributed by atoms with Crippen LogP contribution in [0.5, 0.6) is 5.75 Å². The highest BCUT2D eigenvalue weighted by Gasteiger charge is 2.35. The summed E-state index contributed by atoms with van der Waals surface area (Å²) in [4.78, 5) is 7.29. The predicted octanol–water partition coefficient (Wildman–Crippen LogP) is 4.32. The number of aliphatic imine (C=N–C) groups is 1. The molecule has 1 heterocycles. The summed E-state index contributed by atoms with van der Waals surface area (Å²) in [6.45, 7) is 8.96. The summed E-state index contributed by atoms with van der Waals surface area (Å²) in [5.41, 5.74) is 1.75. The molecule has 1 aromatic rings. The summed E-state index contributed by atoms with van der Waals surface area (Å²) >= 11 is 1.78. The van der Waals surface area contributed by atoms with Crippen LogP contribution in [0.4, 0.5) is 0 Å². The number of amidine groups is 1. The van der Waals surface area contributed by atoms with Crippen molar-refractivity contribution in [3.05, 3.63) is 29.8 Å². The third-order valence-electron chi connectivity index (χ3n) is 5.24. The lowest BCUT2D eigenvalue weighted by molar-refractivity contribution is 0.0642. The Balaban J connectivity index is 1.50. The Morgan fingerprint density at radius 2 is 2.04 bits per heavy atom. The number of nitrogens with zero attached hydrogens (tertiary/aromatic N) is 2. The Hall–Kier alpha value is -1.20. The molecule has 25 heavy (non-hydrogen) atoms. The Bertz CT molecular complexity index is 599. The maximum absolute atomic E-state index is 5.21. The highest BCUT2D eigenvalue weighted by Crippen LogP contribution is 2.40. The number of methoxy groups -OCH3 is 1. The molecular weight excluding hydrogens is 330 g/mol. The van der Waals surface area contributed by atoms with Crippen LogP contribution in [0.3, 0.4) is 0 Å². The van der Waals surface area contributed by atoms with E-state index < -0.39 is 0 Å². The molecular formula is C20H31N3OS. The fourth-order valence-electron chi connectivity index (χ4n) is 4.22. The van der Waals surface area contributed by atoms with Crippen LogP contribution in [0, 0.1) is 11.3 Å². The quantitative estimate of drug-likeness (QED) is 0.866. The van der Waals surface area contributed by atoms with Crippen molar-refractivity contribution in [2.75, 3.05) is 20.4 Å². The smallest absolute Gasteiger partial charge is 0.159 e. The molecule has 0 saturated heterocycles. The molecule has 2 atom stereocenters. The first-order valence-corrected chi connectivity index (χ1v) is 10.2. The SMILES string of the molecule is COc1ccc(CSC2=NCN([C@H]3C[C@@H](C)CC(C)(C)C3)CN2)cc1. The molecule has 4 nitrogen and oxygen atoms in total. The van der Waals surface area contributed by atoms with Gasteiger partial charge in [0.2, 0.25) is 0 Å². The van der Waals surface area contributed by atoms with Crippen LogP contribution in [-0.4, -0.2) is 36.6 Å². The standard InChI is InChI=1S/C20H31N3OS/c1-15-9-17(11-20(2,3)10-15)23-13-21-19(22-14-23)25-12-16-5-7-18(24-4)8-6-16/h5-8,15,17H,9-14H2,1-4H3,(H,21,22)/t15-,17+/m1/s1. The number of hydrogen-bond donors (Lipinski definition) is 1. The van der Waals surface area contributed by atoms with Gasteiger partial charge in [0.1, 0.15) is 5.75 Å². The molecule has 1 aromatic carbocycles. The van der Waals surface area contributed by atoms with Crippen molar-refractivity contribution in [3.8, 4) is 5.75 Å². The first-order valence-electron chi connectivity index (χ1n) is 9.23. The summed E-state index contributed by atoms with van der Waals surface area (Å²) in [7, 11) is 1.70. The van der Waals surface area contributed by atoms with Gasteiger partial charge in [-0.2, -0.15) is 0 Å². The zero-order chi connectivity index (χ0) is 17.9. The van der Waals surface area contributed by atoms with E-state index in [0.29, 0.717) is 11.5 Å². The number of benzene rings is 1. The van der Waals surface area contributed by atoms with Gasteiger partial charge in [-0.25, -0.2) is 4.99 Å². The monoisotopic (exact) mass is 361 g/mol. The van der Waals surface area contributed by atoms with E-state index in [1.54, 1.807) is 18.9 Å². The second-order valence-electron chi connectivity index (χ2n) is 8.23. The maximum atomic E-state index is 5.21. The Morgan fingerprint density at radius 3 is 2.64 bits per heavy atom. The summed E-state index contributed by atoms with van der Waals surface area (Å²) in [5, 5.41) is 4.58. The molecule has 5 heteroatoms. The van der Waals surface area contributed by atoms with Gasteiger partial charge in [-0.1, -0.05) is 44.7 Å². The van der Waals surface area contributed by atoms with E-state index in [2.05, 4.69) is 43.1 Å². The zero-order valence-electron chi connectivity index (χ0n) is 15.9. The molecule has 1 saturated carbocycles. The fraction of sp³-hybridized carbons (Fsp3) is 0.650. The maximum Gasteiger partial charge on any atom is 0.159 e. The Morgan fingerprint density at radius 1 is 1.28 bits per heavy atom. The van der Waals surface area contributed by atoms with E-state index >= 15 is 0 Å². The Kier molecular flexibility index (Phi) is 5.95. The second kappa shape index (κ2) is 8.00. The topological polar surface area (TPSA) is 36.9 Å². The van der Waals surface area contributed by atoms with E-state index in [-0.39, 0.29) is 0 Å². The van der Waals surface area contributed by atoms with E-state index in [4.69, 9.17) is 9.73 Å². The molecule has 0 aromatic heterocycles. The lowest BCUT2D eigenvalue weighted by atomic mass is 9.70. The van der Waals surface area contributed by atoms with Crippen molar-refractivity contribution in [2.24, 2.45) is 16.3 Å². The molecule has 1 N–H and O–H groups in total. The average Bonchev–Trinajstić information content (AvgIpc) is 2.59. The van der Waals surface area contributed by atoms with Crippen molar-refractivity contribution < 1.29 is 4.74 Å². The zero-order valence-corrected chi connectivity index (χ0v) is 16.7. The summed E-state index contributed by atoms with van der Waals surface area (Å²) in [6.07, 6.45) is 3.93. The van der Waals surface area contributed by atoms with Gasteiger partial charge in [-0.05, 0) is 48.3 Å². The van der Waals surface area contributed by atoms with Gasteiger partial charge in [0, 0.05) is 11.8 Å². The number of hydrogen-bond acceptors (Lipinski definition) is 5. The first kappa shape index (κ1) is 18.6. The summed E-state index contributed by atoms with van der Waals surface area (Å²) in [5.74, 6) is 2.65. The molecule has 0 spiro atoms. The van der Waals surface area contributed by atoms with Crippen molar-refractivity contribution in [2.45, 2.75) is 51.8 Å². The van der Waals surface area contributed by atoms with Gasteiger partial charge in [-0.15, -0.1) is 0 Å². The molecule has 0 bridgehead atoms. The van der Waals surface area contributed by atoms with Crippen LogP contribution in [0.1, 0.15) is 45.6 Å². The molecule has 138 valence electrons. The summed E-state index contributed by atoms with van der Waals surface area (Å²) in [6, 6.07) is 8.92. The molecule has 2 aliphatic rings. The van der Waals surface area contributed by atoms with Crippen LogP contribution in [-0.2, 0) is 5.75 Å². The van der Waals surface area contributed by atoms with Crippen molar-refractivity contribution >= 4 is 16.9 Å². The Labute approximate surface area is 156 Å². The van der Waals surface area contributed by atoms with Gasteiger partial charge in [0.25, 0.3) is 0 Å². The highest BCUT2D eigenvalue weighted by molar-refractivity contribution is 8.13. The molecule has 1 aliphatic heterocycles. The van der Waals surface area contributed by atoms with Gasteiger partial charge in [0.15, 0.2) is 5.17 Å². The molecule has 1 fully saturated rings. The average molecular weight is 362 g/mol. The molecule has 1 aliphatic carbocycles. The van der Waals surface area contributed by atoms with Crippen LogP contribution in [0.2, 0.25) is 0 Å². The van der Waals surface area contributed by atoms with Crippen LogP contribution < -0.4 is 10.1 Å². The molecule has 0 amide bonds. The molecule has 0 radical (unpaired) electrons. The van der Waals surface area contributed by atoms with Gasteiger partial charge in [-0.3, -0.25) is 4.90 Å². The van der Waals surface area contributed by atoms with Gasteiger partial charge >= 0.3 is 0 Å². The van der Waals surface area contributed by atoms with Crippen molar-refractivity contribution in [1.82, 2.24) is 10.2 Å². The first-order chi connectivity index (χ1) is 11.9. The molecule has 0 unspecified atom stereocenters. The van der Waals surface area contributed by atoms with Crippen molar-refractivity contribution in [1.29, 1.82) is 0 Å². The minimum Gasteiger partial charge on any atom is -0.497 e. The van der Waals surface area contributed by atoms with E-state index in [1.807, 2.05) is 12.1 Å². The summed E-state index contributed by atoms with van der Waals surface area (Å²) < 4.78 is 5.21. The number of thioether (sulfide) groups is 1. The third kappa shape index (κ3) is 5.14. The normalized spacial score (nSPS) is 26.6. The van der Waals surface area contributed by atoms with Crippen LogP contribution in [0.25, 0.3) is 0 Å². The minimum absolute atomic E-state index is 0.454. The third-order valence-corrected chi connectivity index (χ3v) is 6.27. The fourth-order valence-corrected chi connectivity index (χ4v) is 5.03. The number of nitrogens with one attached hydrogen (secondary N) is 1. The highest BCUT2D eigenvalue weighted by atomic mass is 32.2. The van der Waals surface area contributed by atoms with E-state index in [9.17, 15) is 0 Å². The minimum atomic E-state index is 0.454. The van der Waals surface area contributed by atoms with Crippen molar-refractivity contribution in [3.63, 3.8) is 0 Å². The van der Waals surface area contributed by atoms with E-state index in [0.717, 1.165) is 35.9 Å². The van der Waals surface area contributed by atoms with Gasteiger partial charge in [0.05, 0.1) is 20.4 Å². The number of ether oxygens (including phenoxy) is 1. The van der Waals surface area contributed by atoms with Crippen LogP contribution >= 0.6 is 11.8 Å². The lowest BCUT2D eigenvalue weighted by Crippen LogP contribution is -2.50. The van der Waals surface area contributed by atoms with Crippen LogP contribution in [0.15, 0.2) is 29.3 Å². The molecule has 3 rings (SSSR count). The largest absolute Gasteiger partial charge is 0.497 e. The van der Waals surface area contributed by atoms with Gasteiger partial charge < -0.3 is 10.1 Å². The number of rotatable bonds is 4. The lowest BCUT2D eigenvalue weighted by Gasteiger charge is -2.44. The second-order valence-corrected chi connectivity index (χ2v) is 9.20. The van der Waals surface area contributed by atoms with E-state index in [1.165, 1.54) is 24.8 Å².